The van der Waals surface area contributed by atoms with Crippen molar-refractivity contribution in [3.63, 3.8) is 0 Å². The molecule has 2 aromatic carbocycles. The second kappa shape index (κ2) is 9.25. The van der Waals surface area contributed by atoms with Crippen LogP contribution in [0.5, 0.6) is 11.5 Å². The third-order valence-electron chi connectivity index (χ3n) is 3.79. The summed E-state index contributed by atoms with van der Waals surface area (Å²) in [7, 11) is 3.55. The van der Waals surface area contributed by atoms with E-state index in [1.807, 2.05) is 75.2 Å². The molecule has 0 bridgehead atoms. The van der Waals surface area contributed by atoms with Crippen molar-refractivity contribution >= 4 is 11.6 Å². The lowest BCUT2D eigenvalue weighted by Crippen LogP contribution is -2.29. The van der Waals surface area contributed by atoms with E-state index in [1.165, 1.54) is 5.56 Å². The van der Waals surface area contributed by atoms with Gasteiger partial charge in [-0.05, 0) is 57.6 Å². The molecule has 0 spiro atoms. The van der Waals surface area contributed by atoms with E-state index in [2.05, 4.69) is 5.32 Å². The van der Waals surface area contributed by atoms with Crippen molar-refractivity contribution in [3.05, 3.63) is 53.6 Å². The predicted octanol–water partition coefficient (Wildman–Crippen LogP) is 3.86. The molecule has 5 nitrogen and oxygen atoms in total. The summed E-state index contributed by atoms with van der Waals surface area (Å²) in [5, 5.41) is 2.91. The van der Waals surface area contributed by atoms with Gasteiger partial charge >= 0.3 is 0 Å². The van der Waals surface area contributed by atoms with Crippen LogP contribution in [-0.4, -0.2) is 37.6 Å². The first-order chi connectivity index (χ1) is 12.4. The van der Waals surface area contributed by atoms with Crippen LogP contribution in [0.2, 0.25) is 0 Å². The van der Waals surface area contributed by atoms with Crippen molar-refractivity contribution in [3.8, 4) is 11.5 Å². The van der Waals surface area contributed by atoms with Crippen LogP contribution in [-0.2, 0) is 11.3 Å². The molecule has 2 aromatic rings. The minimum atomic E-state index is -0.0388. The first kappa shape index (κ1) is 19.8. The van der Waals surface area contributed by atoms with Gasteiger partial charge in [0.25, 0.3) is 0 Å². The van der Waals surface area contributed by atoms with E-state index in [1.54, 1.807) is 7.11 Å². The fourth-order valence-corrected chi connectivity index (χ4v) is 2.61. The van der Waals surface area contributed by atoms with Crippen LogP contribution in [0, 0.1) is 6.92 Å². The van der Waals surface area contributed by atoms with Gasteiger partial charge in [-0.2, -0.15) is 0 Å². The van der Waals surface area contributed by atoms with Gasteiger partial charge in [0.05, 0.1) is 19.8 Å². The number of nitrogens with one attached hydrogen (secondary N) is 1. The first-order valence-electron chi connectivity index (χ1n) is 8.76. The lowest BCUT2D eigenvalue weighted by atomic mass is 10.2. The number of carbonyl (C=O) groups is 1. The molecule has 0 aromatic heterocycles. The van der Waals surface area contributed by atoms with Crippen molar-refractivity contribution in [2.45, 2.75) is 33.4 Å². The molecule has 0 aliphatic carbocycles. The van der Waals surface area contributed by atoms with Gasteiger partial charge in [0.15, 0.2) is 11.5 Å². The molecule has 0 aliphatic heterocycles. The molecule has 2 rings (SSSR count). The van der Waals surface area contributed by atoms with Crippen LogP contribution in [0.3, 0.4) is 0 Å². The molecular formula is C21H28N2O3. The Balaban J connectivity index is 1.93. The number of anilines is 1. The van der Waals surface area contributed by atoms with Crippen molar-refractivity contribution in [2.24, 2.45) is 0 Å². The van der Waals surface area contributed by atoms with Gasteiger partial charge in [-0.25, -0.2) is 0 Å². The Kier molecular flexibility index (Phi) is 7.04. The van der Waals surface area contributed by atoms with E-state index in [-0.39, 0.29) is 12.0 Å². The third-order valence-corrected chi connectivity index (χ3v) is 3.79. The number of rotatable bonds is 8. The molecule has 0 fully saturated rings. The molecule has 26 heavy (non-hydrogen) atoms. The van der Waals surface area contributed by atoms with Gasteiger partial charge < -0.3 is 14.8 Å². The highest BCUT2D eigenvalue weighted by Gasteiger charge is 2.11. The number of methoxy groups -OCH3 is 1. The van der Waals surface area contributed by atoms with E-state index in [0.717, 1.165) is 17.0 Å². The lowest BCUT2D eigenvalue weighted by molar-refractivity contribution is -0.117. The second-order valence-corrected chi connectivity index (χ2v) is 6.74. The van der Waals surface area contributed by atoms with Gasteiger partial charge in [-0.1, -0.05) is 23.8 Å². The van der Waals surface area contributed by atoms with Gasteiger partial charge in [0.1, 0.15) is 0 Å². The van der Waals surface area contributed by atoms with E-state index in [9.17, 15) is 4.79 Å². The molecule has 1 N–H and O–H groups in total. The molecule has 1 amide bonds. The number of hydrogen-bond donors (Lipinski definition) is 1. The van der Waals surface area contributed by atoms with Crippen LogP contribution in [0.1, 0.15) is 25.0 Å². The Morgan fingerprint density at radius 3 is 2.42 bits per heavy atom. The monoisotopic (exact) mass is 356 g/mol. The summed E-state index contributed by atoms with van der Waals surface area (Å²) in [6, 6.07) is 13.6. The number of nitrogens with zero attached hydrogens (tertiary/aromatic N) is 1. The average molecular weight is 356 g/mol. The van der Waals surface area contributed by atoms with Crippen molar-refractivity contribution in [1.29, 1.82) is 0 Å². The summed E-state index contributed by atoms with van der Waals surface area (Å²) in [4.78, 5) is 14.2. The first-order valence-corrected chi connectivity index (χ1v) is 8.76. The highest BCUT2D eigenvalue weighted by atomic mass is 16.5. The van der Waals surface area contributed by atoms with E-state index < -0.39 is 0 Å². The Labute approximate surface area is 155 Å². The maximum Gasteiger partial charge on any atom is 0.238 e. The normalized spacial score (nSPS) is 10.9. The van der Waals surface area contributed by atoms with Gasteiger partial charge in [0, 0.05) is 12.2 Å². The standard InChI is InChI=1S/C21H28N2O3/c1-15(2)26-19-11-8-17(12-20(19)25-5)13-23(4)14-21(24)22-18-9-6-16(3)7-10-18/h6-12,15H,13-14H2,1-5H3,(H,22,24). The zero-order valence-electron chi connectivity index (χ0n) is 16.2. The molecule has 0 saturated carbocycles. The number of amides is 1. The molecule has 140 valence electrons. The fraction of sp³-hybridized carbons (Fsp3) is 0.381. The number of aryl methyl sites for hydroxylation is 1. The molecule has 0 heterocycles. The minimum absolute atomic E-state index is 0.0388. The van der Waals surface area contributed by atoms with Crippen molar-refractivity contribution < 1.29 is 14.3 Å². The summed E-state index contributed by atoms with van der Waals surface area (Å²) in [6.07, 6.45) is 0.0860. The smallest absolute Gasteiger partial charge is 0.238 e. The minimum Gasteiger partial charge on any atom is -0.493 e. The maximum absolute atomic E-state index is 12.2. The van der Waals surface area contributed by atoms with Crippen LogP contribution in [0.25, 0.3) is 0 Å². The Morgan fingerprint density at radius 1 is 1.12 bits per heavy atom. The molecule has 0 radical (unpaired) electrons. The Bertz CT molecular complexity index is 727. The van der Waals surface area contributed by atoms with Gasteiger partial charge in [-0.15, -0.1) is 0 Å². The Morgan fingerprint density at radius 2 is 1.81 bits per heavy atom. The Hall–Kier alpha value is -2.53. The van der Waals surface area contributed by atoms with E-state index >= 15 is 0 Å². The number of ether oxygens (including phenoxy) is 2. The molecule has 0 atom stereocenters. The quantitative estimate of drug-likeness (QED) is 0.780. The van der Waals surface area contributed by atoms with E-state index in [4.69, 9.17) is 9.47 Å². The van der Waals surface area contributed by atoms with Gasteiger partial charge in [-0.3, -0.25) is 9.69 Å². The predicted molar refractivity (Wildman–Crippen MR) is 105 cm³/mol. The molecule has 0 saturated heterocycles. The van der Waals surface area contributed by atoms with Crippen molar-refractivity contribution in [2.75, 3.05) is 26.0 Å². The summed E-state index contributed by atoms with van der Waals surface area (Å²) in [6.45, 7) is 6.92. The maximum atomic E-state index is 12.2. The van der Waals surface area contributed by atoms with Crippen LogP contribution in [0.4, 0.5) is 5.69 Å². The highest BCUT2D eigenvalue weighted by Crippen LogP contribution is 2.29. The highest BCUT2D eigenvalue weighted by molar-refractivity contribution is 5.92. The number of likely N-dealkylation sites (N-methyl/N-ethyl adjacent to an activating group) is 1. The topological polar surface area (TPSA) is 50.8 Å². The lowest BCUT2D eigenvalue weighted by Gasteiger charge is -2.18. The van der Waals surface area contributed by atoms with Crippen LogP contribution in [0.15, 0.2) is 42.5 Å². The number of hydrogen-bond acceptors (Lipinski definition) is 4. The third kappa shape index (κ3) is 6.08. The molecular weight excluding hydrogens is 328 g/mol. The fourth-order valence-electron chi connectivity index (χ4n) is 2.61. The molecule has 0 aliphatic rings. The average Bonchev–Trinajstić information content (AvgIpc) is 2.57. The van der Waals surface area contributed by atoms with Crippen LogP contribution >= 0.6 is 0 Å². The summed E-state index contributed by atoms with van der Waals surface area (Å²) < 4.78 is 11.1. The second-order valence-electron chi connectivity index (χ2n) is 6.74. The summed E-state index contributed by atoms with van der Waals surface area (Å²) in [5.41, 5.74) is 3.04. The van der Waals surface area contributed by atoms with Crippen LogP contribution < -0.4 is 14.8 Å². The number of carbonyl (C=O) groups excluding carboxylic acids is 1. The zero-order chi connectivity index (χ0) is 19.1. The zero-order valence-corrected chi connectivity index (χ0v) is 16.2. The van der Waals surface area contributed by atoms with E-state index in [0.29, 0.717) is 18.8 Å². The molecule has 5 heteroatoms. The molecule has 0 unspecified atom stereocenters. The summed E-state index contributed by atoms with van der Waals surface area (Å²) in [5.74, 6) is 1.39. The summed E-state index contributed by atoms with van der Waals surface area (Å²) >= 11 is 0. The SMILES string of the molecule is COc1cc(CN(C)CC(=O)Nc2ccc(C)cc2)ccc1OC(C)C. The number of benzene rings is 2. The van der Waals surface area contributed by atoms with Gasteiger partial charge in [0.2, 0.25) is 5.91 Å². The largest absolute Gasteiger partial charge is 0.493 e. The van der Waals surface area contributed by atoms with Crippen molar-refractivity contribution in [1.82, 2.24) is 4.90 Å².